The Hall–Kier alpha value is -2.02. The van der Waals surface area contributed by atoms with E-state index < -0.39 is 0 Å². The summed E-state index contributed by atoms with van der Waals surface area (Å²) in [5.41, 5.74) is 3.45. The molecule has 2 rings (SSSR count). The third-order valence-corrected chi connectivity index (χ3v) is 2.56. The van der Waals surface area contributed by atoms with Gasteiger partial charge >= 0.3 is 0 Å². The van der Waals surface area contributed by atoms with Crippen molar-refractivity contribution in [3.8, 4) is 5.75 Å². The molecule has 0 amide bonds. The maximum atomic E-state index is 5.77. The molecule has 0 saturated carbocycles. The molecule has 0 N–H and O–H groups in total. The number of rotatable bonds is 4. The summed E-state index contributed by atoms with van der Waals surface area (Å²) in [5, 5.41) is 0. The summed E-state index contributed by atoms with van der Waals surface area (Å²) >= 11 is 0. The zero-order valence-corrected chi connectivity index (χ0v) is 10.0. The van der Waals surface area contributed by atoms with Gasteiger partial charge in [-0.25, -0.2) is 0 Å². The molecule has 1 nitrogen and oxygen atoms in total. The van der Waals surface area contributed by atoms with E-state index in [0.717, 1.165) is 11.3 Å². The van der Waals surface area contributed by atoms with E-state index in [9.17, 15) is 0 Å². The van der Waals surface area contributed by atoms with Gasteiger partial charge in [0.1, 0.15) is 12.4 Å². The molecule has 0 spiro atoms. The Morgan fingerprint density at radius 1 is 1.12 bits per heavy atom. The molecule has 0 aliphatic rings. The summed E-state index contributed by atoms with van der Waals surface area (Å²) in [7, 11) is 0. The first-order chi connectivity index (χ1) is 8.28. The lowest BCUT2D eigenvalue weighted by Crippen LogP contribution is -1.95. The molecular weight excluding hydrogens is 208 g/mol. The molecule has 0 unspecified atom stereocenters. The van der Waals surface area contributed by atoms with Crippen LogP contribution in [0.1, 0.15) is 16.7 Å². The molecule has 0 aromatic heterocycles. The van der Waals surface area contributed by atoms with Crippen molar-refractivity contribution in [1.29, 1.82) is 0 Å². The van der Waals surface area contributed by atoms with E-state index in [2.05, 4.69) is 31.7 Å². The molecule has 0 saturated heterocycles. The van der Waals surface area contributed by atoms with Crippen LogP contribution in [0.2, 0.25) is 0 Å². The van der Waals surface area contributed by atoms with E-state index in [1.807, 2.05) is 36.4 Å². The molecule has 2 aromatic carbocycles. The first kappa shape index (κ1) is 11.5. The van der Waals surface area contributed by atoms with Crippen molar-refractivity contribution in [3.05, 3.63) is 71.8 Å². The fraction of sp³-hybridized carbons (Fsp3) is 0.125. The Kier molecular flexibility index (Phi) is 3.61. The highest BCUT2D eigenvalue weighted by atomic mass is 16.5. The standard InChI is InChI=1S/C16H16O/c1-3-14-9-13(2)10-16(11-14)17-12-15-7-5-4-6-8-15/h3-11H,1,12H2,2H3. The van der Waals surface area contributed by atoms with Crippen molar-refractivity contribution in [3.63, 3.8) is 0 Å². The van der Waals surface area contributed by atoms with Crippen LogP contribution in [0.5, 0.6) is 5.75 Å². The van der Waals surface area contributed by atoms with Crippen LogP contribution in [-0.2, 0) is 6.61 Å². The highest BCUT2D eigenvalue weighted by molar-refractivity contribution is 5.51. The molecule has 0 bridgehead atoms. The summed E-state index contributed by atoms with van der Waals surface area (Å²) in [6.07, 6.45) is 1.84. The zero-order chi connectivity index (χ0) is 12.1. The number of benzene rings is 2. The van der Waals surface area contributed by atoms with Gasteiger partial charge in [-0.05, 0) is 35.7 Å². The van der Waals surface area contributed by atoms with Gasteiger partial charge < -0.3 is 4.74 Å². The fourth-order valence-corrected chi connectivity index (χ4v) is 1.72. The predicted octanol–water partition coefficient (Wildman–Crippen LogP) is 4.22. The van der Waals surface area contributed by atoms with Gasteiger partial charge in [-0.3, -0.25) is 0 Å². The highest BCUT2D eigenvalue weighted by Crippen LogP contribution is 2.18. The van der Waals surface area contributed by atoms with E-state index >= 15 is 0 Å². The minimum atomic E-state index is 0.598. The monoisotopic (exact) mass is 224 g/mol. The molecule has 0 aliphatic carbocycles. The normalized spacial score (nSPS) is 9.94. The molecule has 86 valence electrons. The third kappa shape index (κ3) is 3.22. The topological polar surface area (TPSA) is 9.23 Å². The molecule has 0 fully saturated rings. The Morgan fingerprint density at radius 3 is 2.59 bits per heavy atom. The second-order valence-electron chi connectivity index (χ2n) is 4.06. The SMILES string of the molecule is C=Cc1cc(C)cc(OCc2ccccc2)c1. The zero-order valence-electron chi connectivity index (χ0n) is 10.0. The van der Waals surface area contributed by atoms with Crippen molar-refractivity contribution in [2.75, 3.05) is 0 Å². The van der Waals surface area contributed by atoms with Crippen LogP contribution in [-0.4, -0.2) is 0 Å². The van der Waals surface area contributed by atoms with Gasteiger partial charge in [0.15, 0.2) is 0 Å². The average Bonchev–Trinajstić information content (AvgIpc) is 2.37. The lowest BCUT2D eigenvalue weighted by molar-refractivity contribution is 0.306. The van der Waals surface area contributed by atoms with Gasteiger partial charge in [-0.2, -0.15) is 0 Å². The van der Waals surface area contributed by atoms with Gasteiger partial charge in [0, 0.05) is 0 Å². The van der Waals surface area contributed by atoms with Crippen LogP contribution in [0, 0.1) is 6.92 Å². The molecule has 1 heteroatoms. The van der Waals surface area contributed by atoms with Gasteiger partial charge in [0.2, 0.25) is 0 Å². The van der Waals surface area contributed by atoms with E-state index in [-0.39, 0.29) is 0 Å². The molecule has 0 radical (unpaired) electrons. The number of ether oxygens (including phenoxy) is 1. The van der Waals surface area contributed by atoms with Crippen LogP contribution >= 0.6 is 0 Å². The van der Waals surface area contributed by atoms with E-state index in [4.69, 9.17) is 4.74 Å². The third-order valence-electron chi connectivity index (χ3n) is 2.56. The summed E-state index contributed by atoms with van der Waals surface area (Å²) in [4.78, 5) is 0. The molecular formula is C16H16O. The smallest absolute Gasteiger partial charge is 0.120 e. The molecule has 0 atom stereocenters. The van der Waals surface area contributed by atoms with Gasteiger partial charge in [0.25, 0.3) is 0 Å². The Morgan fingerprint density at radius 2 is 1.88 bits per heavy atom. The molecule has 17 heavy (non-hydrogen) atoms. The maximum absolute atomic E-state index is 5.77. The van der Waals surface area contributed by atoms with Gasteiger partial charge in [-0.15, -0.1) is 0 Å². The lowest BCUT2D eigenvalue weighted by Gasteiger charge is -2.08. The summed E-state index contributed by atoms with van der Waals surface area (Å²) in [5.74, 6) is 0.892. The van der Waals surface area contributed by atoms with E-state index in [1.54, 1.807) is 0 Å². The lowest BCUT2D eigenvalue weighted by atomic mass is 10.1. The first-order valence-electron chi connectivity index (χ1n) is 5.69. The number of aryl methyl sites for hydroxylation is 1. The van der Waals surface area contributed by atoms with Crippen LogP contribution in [0.4, 0.5) is 0 Å². The highest BCUT2D eigenvalue weighted by Gasteiger charge is 1.98. The fourth-order valence-electron chi connectivity index (χ4n) is 1.72. The Balaban J connectivity index is 2.09. The molecule has 0 aliphatic heterocycles. The van der Waals surface area contributed by atoms with Crippen LogP contribution in [0.3, 0.4) is 0 Å². The quantitative estimate of drug-likeness (QED) is 0.755. The minimum Gasteiger partial charge on any atom is -0.489 e. The summed E-state index contributed by atoms with van der Waals surface area (Å²) in [6.45, 7) is 6.43. The van der Waals surface area contributed by atoms with E-state index in [0.29, 0.717) is 6.61 Å². The Bertz CT molecular complexity index is 500. The predicted molar refractivity (Wildman–Crippen MR) is 72.0 cm³/mol. The van der Waals surface area contributed by atoms with Crippen molar-refractivity contribution >= 4 is 6.08 Å². The van der Waals surface area contributed by atoms with E-state index in [1.165, 1.54) is 11.1 Å². The Labute approximate surface area is 102 Å². The van der Waals surface area contributed by atoms with Crippen molar-refractivity contribution < 1.29 is 4.74 Å². The number of hydrogen-bond acceptors (Lipinski definition) is 1. The largest absolute Gasteiger partial charge is 0.489 e. The minimum absolute atomic E-state index is 0.598. The second kappa shape index (κ2) is 5.35. The number of hydrogen-bond donors (Lipinski definition) is 0. The van der Waals surface area contributed by atoms with Crippen molar-refractivity contribution in [2.45, 2.75) is 13.5 Å². The molecule has 0 heterocycles. The summed E-state index contributed by atoms with van der Waals surface area (Å²) < 4.78 is 5.77. The van der Waals surface area contributed by atoms with Crippen LogP contribution in [0.25, 0.3) is 6.08 Å². The maximum Gasteiger partial charge on any atom is 0.120 e. The van der Waals surface area contributed by atoms with Crippen LogP contribution < -0.4 is 4.74 Å². The first-order valence-corrected chi connectivity index (χ1v) is 5.69. The van der Waals surface area contributed by atoms with Crippen molar-refractivity contribution in [2.24, 2.45) is 0 Å². The summed E-state index contributed by atoms with van der Waals surface area (Å²) in [6, 6.07) is 16.3. The van der Waals surface area contributed by atoms with Gasteiger partial charge in [0.05, 0.1) is 0 Å². The van der Waals surface area contributed by atoms with Gasteiger partial charge in [-0.1, -0.05) is 49.1 Å². The second-order valence-corrected chi connectivity index (χ2v) is 4.06. The van der Waals surface area contributed by atoms with Crippen LogP contribution in [0.15, 0.2) is 55.1 Å². The average molecular weight is 224 g/mol. The molecule has 2 aromatic rings. The van der Waals surface area contributed by atoms with Crippen molar-refractivity contribution in [1.82, 2.24) is 0 Å².